The third-order valence-corrected chi connectivity index (χ3v) is 7.62. The summed E-state index contributed by atoms with van der Waals surface area (Å²) in [5.41, 5.74) is 6.97. The molecule has 4 heterocycles. The Bertz CT molecular complexity index is 1190. The van der Waals surface area contributed by atoms with E-state index in [1.807, 2.05) is 32.9 Å². The van der Waals surface area contributed by atoms with Crippen molar-refractivity contribution in [3.63, 3.8) is 0 Å². The zero-order valence-corrected chi connectivity index (χ0v) is 25.7. The van der Waals surface area contributed by atoms with E-state index in [1.54, 1.807) is 23.2 Å². The number of carbonyl (C=O) groups is 3. The zero-order valence-electron chi connectivity index (χ0n) is 25.7. The number of ether oxygens (including phenoxy) is 2. The Morgan fingerprint density at radius 1 is 1.07 bits per heavy atom. The first-order valence-electron chi connectivity index (χ1n) is 14.4. The maximum atomic E-state index is 12.5. The molecule has 3 aliphatic rings. The van der Waals surface area contributed by atoms with E-state index in [4.69, 9.17) is 14.3 Å². The van der Waals surface area contributed by atoms with E-state index in [2.05, 4.69) is 48.5 Å². The van der Waals surface area contributed by atoms with Gasteiger partial charge in [0.2, 0.25) is 6.41 Å². The first-order chi connectivity index (χ1) is 20.0. The van der Waals surface area contributed by atoms with E-state index in [0.29, 0.717) is 18.7 Å². The zero-order chi connectivity index (χ0) is 31.3. The van der Waals surface area contributed by atoms with Crippen molar-refractivity contribution in [2.24, 2.45) is 5.73 Å². The highest BCUT2D eigenvalue weighted by Gasteiger charge is 2.47. The molecule has 0 saturated carbocycles. The normalized spacial score (nSPS) is 21.0. The maximum absolute atomic E-state index is 12.5. The number of pyridine rings is 1. The number of terminal acetylenes is 1. The monoisotopic (exact) mass is 578 g/mol. The summed E-state index contributed by atoms with van der Waals surface area (Å²) in [6.45, 7) is 11.8. The fourth-order valence-electron chi connectivity index (χ4n) is 5.41. The van der Waals surface area contributed by atoms with Gasteiger partial charge in [0.05, 0.1) is 11.9 Å². The number of nitrogens with two attached hydrogens (primary N) is 1. The predicted molar refractivity (Wildman–Crippen MR) is 165 cm³/mol. The van der Waals surface area contributed by atoms with Crippen molar-refractivity contribution >= 4 is 18.8 Å². The van der Waals surface area contributed by atoms with E-state index in [9.17, 15) is 9.59 Å². The first-order valence-corrected chi connectivity index (χ1v) is 14.4. The summed E-state index contributed by atoms with van der Waals surface area (Å²) in [5.74, 6) is 1.02. The number of amides is 2. The van der Waals surface area contributed by atoms with Gasteiger partial charge < -0.3 is 25.0 Å². The number of hydrogen-bond acceptors (Lipinski definition) is 7. The molecule has 3 aliphatic heterocycles. The van der Waals surface area contributed by atoms with Crippen molar-refractivity contribution in [3.05, 3.63) is 47.7 Å². The number of benzene rings is 1. The second-order valence-corrected chi connectivity index (χ2v) is 11.7. The molecule has 9 nitrogen and oxygen atoms in total. The minimum Gasteiger partial charge on any atom is -0.485 e. The van der Waals surface area contributed by atoms with Crippen LogP contribution in [-0.4, -0.2) is 78.0 Å². The molecule has 2 amide bonds. The Hall–Kier alpha value is -3.90. The second-order valence-electron chi connectivity index (χ2n) is 11.7. The number of primary amides is 1. The molecular weight excluding hydrogens is 532 g/mol. The highest BCUT2D eigenvalue weighted by atomic mass is 16.6. The maximum Gasteiger partial charge on any atom is 0.410 e. The van der Waals surface area contributed by atoms with Gasteiger partial charge in [0, 0.05) is 42.1 Å². The van der Waals surface area contributed by atoms with Crippen LogP contribution in [-0.2, 0) is 9.53 Å². The van der Waals surface area contributed by atoms with Crippen LogP contribution in [0.25, 0.3) is 11.3 Å². The lowest BCUT2D eigenvalue weighted by Crippen LogP contribution is -2.40. The van der Waals surface area contributed by atoms with Gasteiger partial charge in [-0.1, -0.05) is 31.2 Å². The second kappa shape index (κ2) is 15.9. The molecule has 228 valence electrons. The van der Waals surface area contributed by atoms with Gasteiger partial charge >= 0.3 is 6.09 Å². The first kappa shape index (κ1) is 34.3. The molecule has 2 unspecified atom stereocenters. The summed E-state index contributed by atoms with van der Waals surface area (Å²) in [5, 5.41) is 0. The Labute approximate surface area is 250 Å². The molecule has 0 radical (unpaired) electrons. The SMILES string of the molecule is C#C.CC1c2cc(-c3ccc(C=O)cc3)ncc2OC12CCCN(C(=O)OC(C)(C)C)CC2.CN1CCCC1.NC=O. The van der Waals surface area contributed by atoms with Crippen LogP contribution in [0.5, 0.6) is 5.75 Å². The fraction of sp³-hybridized carbons (Fsp3) is 0.515. The molecule has 42 heavy (non-hydrogen) atoms. The van der Waals surface area contributed by atoms with E-state index in [1.165, 1.54) is 25.9 Å². The van der Waals surface area contributed by atoms with Gasteiger partial charge in [-0.3, -0.25) is 14.6 Å². The quantitative estimate of drug-likeness (QED) is 0.381. The molecule has 1 spiro atoms. The van der Waals surface area contributed by atoms with Crippen LogP contribution < -0.4 is 10.5 Å². The number of carbonyl (C=O) groups excluding carboxylic acids is 3. The largest absolute Gasteiger partial charge is 0.485 e. The van der Waals surface area contributed by atoms with Gasteiger partial charge in [-0.25, -0.2) is 4.79 Å². The number of aldehydes is 1. The molecule has 2 N–H and O–H groups in total. The van der Waals surface area contributed by atoms with E-state index in [0.717, 1.165) is 48.1 Å². The summed E-state index contributed by atoms with van der Waals surface area (Å²) in [6, 6.07) is 9.53. The minimum atomic E-state index is -0.500. The van der Waals surface area contributed by atoms with Crippen LogP contribution in [0, 0.1) is 12.8 Å². The minimum absolute atomic E-state index is 0.192. The van der Waals surface area contributed by atoms with E-state index in [-0.39, 0.29) is 24.0 Å². The molecule has 1 aromatic carbocycles. The molecule has 0 bridgehead atoms. The van der Waals surface area contributed by atoms with Crippen molar-refractivity contribution in [3.8, 4) is 29.9 Å². The number of fused-ring (bicyclic) bond motifs is 1. The Morgan fingerprint density at radius 3 is 2.21 bits per heavy atom. The van der Waals surface area contributed by atoms with Crippen LogP contribution in [0.2, 0.25) is 0 Å². The van der Waals surface area contributed by atoms with Crippen molar-refractivity contribution < 1.29 is 23.9 Å². The van der Waals surface area contributed by atoms with Crippen molar-refractivity contribution in [1.29, 1.82) is 0 Å². The molecule has 1 aromatic heterocycles. The van der Waals surface area contributed by atoms with Crippen molar-refractivity contribution in [2.75, 3.05) is 33.2 Å². The van der Waals surface area contributed by atoms with Gasteiger partial charge in [-0.15, -0.1) is 12.8 Å². The van der Waals surface area contributed by atoms with E-state index < -0.39 is 5.60 Å². The van der Waals surface area contributed by atoms with Gasteiger partial charge in [0.15, 0.2) is 0 Å². The molecule has 2 atom stereocenters. The molecule has 5 rings (SSSR count). The number of nitrogens with zero attached hydrogens (tertiary/aromatic N) is 3. The Kier molecular flexibility index (Phi) is 13.0. The number of likely N-dealkylation sites (tertiary alicyclic amines) is 2. The average Bonchev–Trinajstić information content (AvgIpc) is 3.47. The number of rotatable bonds is 2. The van der Waals surface area contributed by atoms with Crippen LogP contribution in [0.3, 0.4) is 0 Å². The van der Waals surface area contributed by atoms with Gasteiger partial charge in [-0.05, 0) is 72.7 Å². The molecule has 2 fully saturated rings. The van der Waals surface area contributed by atoms with Crippen LogP contribution in [0.4, 0.5) is 4.79 Å². The summed E-state index contributed by atoms with van der Waals surface area (Å²) < 4.78 is 12.1. The smallest absolute Gasteiger partial charge is 0.410 e. The van der Waals surface area contributed by atoms with Crippen LogP contribution in [0.15, 0.2) is 36.5 Å². The highest BCUT2D eigenvalue weighted by molar-refractivity contribution is 5.76. The molecule has 2 saturated heterocycles. The Morgan fingerprint density at radius 2 is 1.69 bits per heavy atom. The third-order valence-electron chi connectivity index (χ3n) is 7.62. The molecule has 0 aliphatic carbocycles. The summed E-state index contributed by atoms with van der Waals surface area (Å²) in [6.07, 6.45) is 16.0. The highest BCUT2D eigenvalue weighted by Crippen LogP contribution is 2.50. The third kappa shape index (κ3) is 9.31. The van der Waals surface area contributed by atoms with Gasteiger partial charge in [-0.2, -0.15) is 0 Å². The standard InChI is InChI=1S/C25H30N2O4.C5H11N.C2H2.CH3NO/c1-17-20-14-21(19-8-6-18(16-28)7-9-19)26-15-22(20)30-25(17)10-5-12-27(13-11-25)23(29)31-24(2,3)4;1-6-4-2-3-5-6;1-2;2-1-3/h6-9,14-17H,5,10-13H2,1-4H3;2-5H2,1H3;1-2H;1H,(H2,2,3). The van der Waals surface area contributed by atoms with Gasteiger partial charge in [0.25, 0.3) is 0 Å². The molecule has 2 aromatic rings. The number of hydrogen-bond donors (Lipinski definition) is 1. The van der Waals surface area contributed by atoms with Crippen molar-refractivity contribution in [2.45, 2.75) is 76.9 Å². The molecular formula is C33H46N4O5. The van der Waals surface area contributed by atoms with Gasteiger partial charge in [0.1, 0.15) is 23.2 Å². The lowest BCUT2D eigenvalue weighted by molar-refractivity contribution is -0.106. The Balaban J connectivity index is 0.000000478. The predicted octanol–water partition coefficient (Wildman–Crippen LogP) is 5.28. The summed E-state index contributed by atoms with van der Waals surface area (Å²) in [4.78, 5) is 40.8. The average molecular weight is 579 g/mol. The lowest BCUT2D eigenvalue weighted by Gasteiger charge is -2.32. The topological polar surface area (TPSA) is 115 Å². The van der Waals surface area contributed by atoms with Crippen molar-refractivity contribution in [1.82, 2.24) is 14.8 Å². The van der Waals surface area contributed by atoms with Crippen LogP contribution >= 0.6 is 0 Å². The molecule has 9 heteroatoms. The summed E-state index contributed by atoms with van der Waals surface area (Å²) >= 11 is 0. The van der Waals surface area contributed by atoms with Crippen LogP contribution in [0.1, 0.15) is 81.6 Å². The summed E-state index contributed by atoms with van der Waals surface area (Å²) in [7, 11) is 2.17. The lowest BCUT2D eigenvalue weighted by atomic mass is 9.80. The van der Waals surface area contributed by atoms with E-state index >= 15 is 0 Å². The number of aromatic nitrogens is 1. The fourth-order valence-corrected chi connectivity index (χ4v) is 5.41.